The monoisotopic (exact) mass is 155 g/mol. The molecule has 1 aliphatic rings. The van der Waals surface area contributed by atoms with Gasteiger partial charge < -0.3 is 9.64 Å². The minimum Gasteiger partial charge on any atom is -0.377 e. The molecule has 1 fully saturated rings. The van der Waals surface area contributed by atoms with Crippen LogP contribution in [-0.4, -0.2) is 37.7 Å². The molecule has 0 aromatic heterocycles. The predicted molar refractivity (Wildman–Crippen MR) is 46.7 cm³/mol. The van der Waals surface area contributed by atoms with Crippen LogP contribution in [0, 0.1) is 0 Å². The fourth-order valence-corrected chi connectivity index (χ4v) is 1.43. The number of likely N-dealkylation sites (N-methyl/N-ethyl adjacent to an activating group) is 1. The van der Waals surface area contributed by atoms with Gasteiger partial charge in [-0.25, -0.2) is 0 Å². The third-order valence-corrected chi connectivity index (χ3v) is 1.98. The maximum absolute atomic E-state index is 5.49. The number of hydrogen-bond acceptors (Lipinski definition) is 2. The summed E-state index contributed by atoms with van der Waals surface area (Å²) in [5, 5.41) is 0. The summed E-state index contributed by atoms with van der Waals surface area (Å²) in [5.41, 5.74) is 0. The van der Waals surface area contributed by atoms with Crippen LogP contribution in [0.25, 0.3) is 0 Å². The van der Waals surface area contributed by atoms with Gasteiger partial charge in [0.1, 0.15) is 0 Å². The van der Waals surface area contributed by atoms with Gasteiger partial charge in [0.2, 0.25) is 0 Å². The van der Waals surface area contributed by atoms with Crippen molar-refractivity contribution >= 4 is 0 Å². The van der Waals surface area contributed by atoms with Crippen LogP contribution in [0.3, 0.4) is 0 Å². The van der Waals surface area contributed by atoms with Crippen LogP contribution in [0.4, 0.5) is 0 Å². The third-order valence-electron chi connectivity index (χ3n) is 1.98. The highest BCUT2D eigenvalue weighted by Crippen LogP contribution is 2.12. The van der Waals surface area contributed by atoms with Gasteiger partial charge in [-0.15, -0.1) is 6.58 Å². The number of rotatable bonds is 4. The van der Waals surface area contributed by atoms with Gasteiger partial charge in [-0.1, -0.05) is 6.08 Å². The van der Waals surface area contributed by atoms with Crippen molar-refractivity contribution < 1.29 is 4.74 Å². The highest BCUT2D eigenvalue weighted by atomic mass is 16.5. The van der Waals surface area contributed by atoms with Gasteiger partial charge in [-0.05, 0) is 19.9 Å². The minimum absolute atomic E-state index is 0.472. The molecule has 0 unspecified atom stereocenters. The van der Waals surface area contributed by atoms with Crippen molar-refractivity contribution in [2.75, 3.05) is 26.7 Å². The fourth-order valence-electron chi connectivity index (χ4n) is 1.43. The summed E-state index contributed by atoms with van der Waals surface area (Å²) in [5.74, 6) is 0. The molecule has 0 aliphatic carbocycles. The molecule has 0 spiro atoms. The zero-order valence-electron chi connectivity index (χ0n) is 7.25. The number of ether oxygens (including phenoxy) is 1. The smallest absolute Gasteiger partial charge is 0.0702 e. The lowest BCUT2D eigenvalue weighted by atomic mass is 10.2. The normalized spacial score (nSPS) is 24.4. The van der Waals surface area contributed by atoms with Crippen molar-refractivity contribution in [3.63, 3.8) is 0 Å². The Bertz CT molecular complexity index is 119. The SMILES string of the molecule is C=CCN(C)C[C@H]1CCCO1. The largest absolute Gasteiger partial charge is 0.377 e. The van der Waals surface area contributed by atoms with E-state index in [9.17, 15) is 0 Å². The van der Waals surface area contributed by atoms with Crippen molar-refractivity contribution in [2.24, 2.45) is 0 Å². The van der Waals surface area contributed by atoms with Crippen molar-refractivity contribution in [1.82, 2.24) is 4.90 Å². The Balaban J connectivity index is 2.12. The second-order valence-corrected chi connectivity index (χ2v) is 3.14. The Kier molecular flexibility index (Phi) is 3.60. The molecule has 2 nitrogen and oxygen atoms in total. The number of nitrogens with zero attached hydrogens (tertiary/aromatic N) is 1. The van der Waals surface area contributed by atoms with E-state index < -0.39 is 0 Å². The van der Waals surface area contributed by atoms with Crippen molar-refractivity contribution in [3.05, 3.63) is 12.7 Å². The van der Waals surface area contributed by atoms with Crippen molar-refractivity contribution in [2.45, 2.75) is 18.9 Å². The average molecular weight is 155 g/mol. The second-order valence-electron chi connectivity index (χ2n) is 3.14. The molecule has 0 radical (unpaired) electrons. The first-order chi connectivity index (χ1) is 5.33. The molecule has 0 N–H and O–H groups in total. The summed E-state index contributed by atoms with van der Waals surface area (Å²) in [6, 6.07) is 0. The van der Waals surface area contributed by atoms with E-state index in [-0.39, 0.29) is 0 Å². The molecule has 1 rings (SSSR count). The fraction of sp³-hybridized carbons (Fsp3) is 0.778. The zero-order valence-corrected chi connectivity index (χ0v) is 7.25. The molecule has 0 aromatic carbocycles. The molecule has 2 heteroatoms. The molecular formula is C9H17NO. The molecule has 0 amide bonds. The van der Waals surface area contributed by atoms with Crippen LogP contribution in [-0.2, 0) is 4.74 Å². The van der Waals surface area contributed by atoms with E-state index >= 15 is 0 Å². The standard InChI is InChI=1S/C9H17NO/c1-3-6-10(2)8-9-5-4-7-11-9/h3,9H,1,4-8H2,2H3/t9-/m1/s1. The van der Waals surface area contributed by atoms with E-state index in [1.54, 1.807) is 0 Å². The maximum atomic E-state index is 5.49. The van der Waals surface area contributed by atoms with E-state index in [1.165, 1.54) is 12.8 Å². The first-order valence-electron chi connectivity index (χ1n) is 4.24. The molecule has 0 saturated carbocycles. The lowest BCUT2D eigenvalue weighted by Crippen LogP contribution is -2.28. The third kappa shape index (κ3) is 3.04. The Morgan fingerprint density at radius 3 is 3.09 bits per heavy atom. The molecular weight excluding hydrogens is 138 g/mol. The number of hydrogen-bond donors (Lipinski definition) is 0. The first-order valence-corrected chi connectivity index (χ1v) is 4.24. The predicted octanol–water partition coefficient (Wildman–Crippen LogP) is 1.28. The molecule has 11 heavy (non-hydrogen) atoms. The summed E-state index contributed by atoms with van der Waals surface area (Å²) < 4.78 is 5.49. The molecule has 0 aromatic rings. The molecule has 1 aliphatic heterocycles. The summed E-state index contributed by atoms with van der Waals surface area (Å²) in [4.78, 5) is 2.24. The molecule has 1 atom stereocenters. The Morgan fingerprint density at radius 2 is 2.55 bits per heavy atom. The topological polar surface area (TPSA) is 12.5 Å². The van der Waals surface area contributed by atoms with Crippen LogP contribution in [0.1, 0.15) is 12.8 Å². The van der Waals surface area contributed by atoms with Crippen LogP contribution in [0.2, 0.25) is 0 Å². The van der Waals surface area contributed by atoms with Gasteiger partial charge >= 0.3 is 0 Å². The highest BCUT2D eigenvalue weighted by molar-refractivity contribution is 4.75. The summed E-state index contributed by atoms with van der Waals surface area (Å²) in [6.45, 7) is 6.65. The van der Waals surface area contributed by atoms with Gasteiger partial charge in [-0.2, -0.15) is 0 Å². The Morgan fingerprint density at radius 1 is 1.73 bits per heavy atom. The van der Waals surface area contributed by atoms with Crippen LogP contribution >= 0.6 is 0 Å². The van der Waals surface area contributed by atoms with Crippen LogP contribution in [0.5, 0.6) is 0 Å². The van der Waals surface area contributed by atoms with Gasteiger partial charge in [0.15, 0.2) is 0 Å². The van der Waals surface area contributed by atoms with Gasteiger partial charge in [0, 0.05) is 19.7 Å². The first kappa shape index (κ1) is 8.75. The quantitative estimate of drug-likeness (QED) is 0.567. The highest BCUT2D eigenvalue weighted by Gasteiger charge is 2.16. The summed E-state index contributed by atoms with van der Waals surface area (Å²) >= 11 is 0. The zero-order chi connectivity index (χ0) is 8.10. The maximum Gasteiger partial charge on any atom is 0.0702 e. The molecule has 1 heterocycles. The van der Waals surface area contributed by atoms with E-state index in [2.05, 4.69) is 18.5 Å². The molecule has 64 valence electrons. The Hall–Kier alpha value is -0.340. The van der Waals surface area contributed by atoms with Crippen LogP contribution < -0.4 is 0 Å². The summed E-state index contributed by atoms with van der Waals surface area (Å²) in [6.07, 6.45) is 4.85. The average Bonchev–Trinajstić information content (AvgIpc) is 2.40. The lowest BCUT2D eigenvalue weighted by molar-refractivity contribution is 0.0843. The van der Waals surface area contributed by atoms with Gasteiger partial charge in [0.05, 0.1) is 6.10 Å². The van der Waals surface area contributed by atoms with Crippen molar-refractivity contribution in [3.8, 4) is 0 Å². The molecule has 0 bridgehead atoms. The Labute approximate surface area is 68.8 Å². The van der Waals surface area contributed by atoms with E-state index in [0.717, 1.165) is 19.7 Å². The molecule has 1 saturated heterocycles. The van der Waals surface area contributed by atoms with Crippen LogP contribution in [0.15, 0.2) is 12.7 Å². The van der Waals surface area contributed by atoms with Crippen molar-refractivity contribution in [1.29, 1.82) is 0 Å². The summed E-state index contributed by atoms with van der Waals surface area (Å²) in [7, 11) is 2.10. The van der Waals surface area contributed by atoms with E-state index in [1.807, 2.05) is 6.08 Å². The minimum atomic E-state index is 0.472. The van der Waals surface area contributed by atoms with E-state index in [4.69, 9.17) is 4.74 Å². The van der Waals surface area contributed by atoms with E-state index in [0.29, 0.717) is 6.10 Å². The second kappa shape index (κ2) is 4.52. The lowest BCUT2D eigenvalue weighted by Gasteiger charge is -2.18. The van der Waals surface area contributed by atoms with Gasteiger partial charge in [0.25, 0.3) is 0 Å². The van der Waals surface area contributed by atoms with Gasteiger partial charge in [-0.3, -0.25) is 0 Å².